The maximum absolute atomic E-state index is 8.51. The summed E-state index contributed by atoms with van der Waals surface area (Å²) in [7, 11) is 0. The van der Waals surface area contributed by atoms with Crippen LogP contribution in [0.15, 0.2) is 0 Å². The molecule has 1 N–H and O–H groups in total. The van der Waals surface area contributed by atoms with Crippen LogP contribution >= 0.6 is 0 Å². The summed E-state index contributed by atoms with van der Waals surface area (Å²) in [5.74, 6) is 0. The van der Waals surface area contributed by atoms with Crippen LogP contribution in [0.5, 0.6) is 0 Å². The average molecular weight is 197 g/mol. The maximum Gasteiger partial charge on any atom is 0.0635 e. The van der Waals surface area contributed by atoms with Crippen LogP contribution in [-0.4, -0.2) is 37.1 Å². The highest BCUT2D eigenvalue weighted by Crippen LogP contribution is 1.98. The summed E-state index contributed by atoms with van der Waals surface area (Å²) in [5.41, 5.74) is 0. The Morgan fingerprint density at radius 1 is 1.29 bits per heavy atom. The van der Waals surface area contributed by atoms with E-state index in [1.54, 1.807) is 0 Å². The zero-order valence-electron chi connectivity index (χ0n) is 9.71. The number of nitrogens with one attached hydrogen (secondary N) is 1. The predicted molar refractivity (Wildman–Crippen MR) is 60.1 cm³/mol. The second kappa shape index (κ2) is 8.98. The average Bonchev–Trinajstić information content (AvgIpc) is 2.16. The largest absolute Gasteiger partial charge is 0.315 e. The summed E-state index contributed by atoms with van der Waals surface area (Å²) in [6, 6.07) is 2.73. The van der Waals surface area contributed by atoms with E-state index in [4.69, 9.17) is 5.26 Å². The van der Waals surface area contributed by atoms with Crippen LogP contribution in [0.1, 0.15) is 33.6 Å². The van der Waals surface area contributed by atoms with Gasteiger partial charge in [-0.3, -0.25) is 4.90 Å². The molecule has 3 nitrogen and oxygen atoms in total. The minimum absolute atomic E-state index is 0.534. The van der Waals surface area contributed by atoms with Crippen molar-refractivity contribution in [1.29, 1.82) is 5.26 Å². The Balaban J connectivity index is 3.58. The van der Waals surface area contributed by atoms with Crippen molar-refractivity contribution >= 4 is 0 Å². The first-order chi connectivity index (χ1) is 6.72. The smallest absolute Gasteiger partial charge is 0.0635 e. The van der Waals surface area contributed by atoms with Gasteiger partial charge in [0.1, 0.15) is 0 Å². The van der Waals surface area contributed by atoms with Crippen LogP contribution in [-0.2, 0) is 0 Å². The van der Waals surface area contributed by atoms with Crippen molar-refractivity contribution in [2.75, 3.05) is 26.2 Å². The van der Waals surface area contributed by atoms with E-state index in [-0.39, 0.29) is 0 Å². The SMILES string of the molecule is CCCNCCN(CCC#N)C(C)C. The Hall–Kier alpha value is -0.590. The Labute approximate surface area is 88.1 Å². The molecule has 0 aromatic rings. The molecule has 0 aliphatic carbocycles. The molecule has 0 saturated carbocycles. The molecule has 3 heteroatoms. The van der Waals surface area contributed by atoms with Gasteiger partial charge in [0.2, 0.25) is 0 Å². The molecule has 0 atom stereocenters. The van der Waals surface area contributed by atoms with E-state index in [0.717, 1.165) is 26.2 Å². The van der Waals surface area contributed by atoms with E-state index in [1.165, 1.54) is 6.42 Å². The van der Waals surface area contributed by atoms with Crippen LogP contribution in [0.25, 0.3) is 0 Å². The fourth-order valence-corrected chi connectivity index (χ4v) is 1.35. The molecule has 0 spiro atoms. The number of nitrogens with zero attached hydrogens (tertiary/aromatic N) is 2. The van der Waals surface area contributed by atoms with Gasteiger partial charge in [-0.15, -0.1) is 0 Å². The van der Waals surface area contributed by atoms with Crippen molar-refractivity contribution in [3.05, 3.63) is 0 Å². The standard InChI is InChI=1S/C11H23N3/c1-4-7-13-8-10-14(11(2)3)9-5-6-12/h11,13H,4-5,7-10H2,1-3H3. The van der Waals surface area contributed by atoms with E-state index in [9.17, 15) is 0 Å². The summed E-state index contributed by atoms with van der Waals surface area (Å²) in [6.07, 6.45) is 1.81. The second-order valence-electron chi connectivity index (χ2n) is 3.79. The molecule has 0 saturated heterocycles. The molecular formula is C11H23N3. The number of nitriles is 1. The lowest BCUT2D eigenvalue weighted by atomic mass is 10.3. The first-order valence-electron chi connectivity index (χ1n) is 5.54. The second-order valence-corrected chi connectivity index (χ2v) is 3.79. The highest BCUT2D eigenvalue weighted by atomic mass is 15.2. The van der Waals surface area contributed by atoms with Crippen LogP contribution in [0.3, 0.4) is 0 Å². The van der Waals surface area contributed by atoms with Gasteiger partial charge < -0.3 is 5.32 Å². The van der Waals surface area contributed by atoms with Gasteiger partial charge in [0.15, 0.2) is 0 Å². The molecule has 0 aromatic carbocycles. The molecule has 82 valence electrons. The summed E-state index contributed by atoms with van der Waals surface area (Å²) in [6.45, 7) is 10.6. The third-order valence-electron chi connectivity index (χ3n) is 2.24. The van der Waals surface area contributed by atoms with Gasteiger partial charge in [0, 0.05) is 32.1 Å². The summed E-state index contributed by atoms with van der Waals surface area (Å²) in [4.78, 5) is 2.34. The van der Waals surface area contributed by atoms with Crippen molar-refractivity contribution in [3.8, 4) is 6.07 Å². The van der Waals surface area contributed by atoms with E-state index in [2.05, 4.69) is 37.1 Å². The molecule has 0 amide bonds. The van der Waals surface area contributed by atoms with Crippen LogP contribution in [0, 0.1) is 11.3 Å². The van der Waals surface area contributed by atoms with E-state index in [1.807, 2.05) is 0 Å². The van der Waals surface area contributed by atoms with Crippen molar-refractivity contribution in [2.45, 2.75) is 39.7 Å². The predicted octanol–water partition coefficient (Wildman–Crippen LogP) is 1.61. The molecule has 0 fully saturated rings. The van der Waals surface area contributed by atoms with Crippen molar-refractivity contribution in [2.24, 2.45) is 0 Å². The van der Waals surface area contributed by atoms with E-state index >= 15 is 0 Å². The minimum Gasteiger partial charge on any atom is -0.315 e. The minimum atomic E-state index is 0.534. The monoisotopic (exact) mass is 197 g/mol. The fourth-order valence-electron chi connectivity index (χ4n) is 1.35. The molecule has 0 aliphatic heterocycles. The highest BCUT2D eigenvalue weighted by Gasteiger charge is 2.07. The molecule has 0 unspecified atom stereocenters. The molecule has 0 radical (unpaired) electrons. The maximum atomic E-state index is 8.51. The number of hydrogen-bond donors (Lipinski definition) is 1. The Bertz CT molecular complexity index is 160. The zero-order valence-corrected chi connectivity index (χ0v) is 9.71. The van der Waals surface area contributed by atoms with Gasteiger partial charge in [-0.1, -0.05) is 6.92 Å². The third kappa shape index (κ3) is 6.88. The molecule has 0 bridgehead atoms. The van der Waals surface area contributed by atoms with Crippen LogP contribution in [0.4, 0.5) is 0 Å². The zero-order chi connectivity index (χ0) is 10.8. The van der Waals surface area contributed by atoms with Gasteiger partial charge in [0.05, 0.1) is 6.07 Å². The lowest BCUT2D eigenvalue weighted by Crippen LogP contribution is -2.37. The lowest BCUT2D eigenvalue weighted by molar-refractivity contribution is 0.227. The van der Waals surface area contributed by atoms with Gasteiger partial charge >= 0.3 is 0 Å². The first kappa shape index (κ1) is 13.4. The number of rotatable bonds is 8. The molecule has 0 rings (SSSR count). The van der Waals surface area contributed by atoms with Gasteiger partial charge in [-0.05, 0) is 26.8 Å². The van der Waals surface area contributed by atoms with E-state index in [0.29, 0.717) is 12.5 Å². The normalized spacial score (nSPS) is 10.9. The van der Waals surface area contributed by atoms with Gasteiger partial charge in [-0.25, -0.2) is 0 Å². The summed E-state index contributed by atoms with van der Waals surface area (Å²) < 4.78 is 0. The Morgan fingerprint density at radius 3 is 2.50 bits per heavy atom. The van der Waals surface area contributed by atoms with Crippen LogP contribution in [0.2, 0.25) is 0 Å². The molecule has 0 aliphatic rings. The lowest BCUT2D eigenvalue weighted by Gasteiger charge is -2.25. The fraction of sp³-hybridized carbons (Fsp3) is 0.909. The molecule has 0 heterocycles. The molecule has 14 heavy (non-hydrogen) atoms. The summed E-state index contributed by atoms with van der Waals surface area (Å²) in [5, 5.41) is 11.9. The Morgan fingerprint density at radius 2 is 2.00 bits per heavy atom. The van der Waals surface area contributed by atoms with Crippen LogP contribution < -0.4 is 5.32 Å². The van der Waals surface area contributed by atoms with Crippen molar-refractivity contribution in [1.82, 2.24) is 10.2 Å². The third-order valence-corrected chi connectivity index (χ3v) is 2.24. The number of hydrogen-bond acceptors (Lipinski definition) is 3. The van der Waals surface area contributed by atoms with Crippen molar-refractivity contribution < 1.29 is 0 Å². The highest BCUT2D eigenvalue weighted by molar-refractivity contribution is 4.74. The molecule has 0 aromatic heterocycles. The quantitative estimate of drug-likeness (QED) is 0.601. The Kier molecular flexibility index (Phi) is 8.61. The van der Waals surface area contributed by atoms with Crippen molar-refractivity contribution in [3.63, 3.8) is 0 Å². The topological polar surface area (TPSA) is 39.1 Å². The summed E-state index contributed by atoms with van der Waals surface area (Å²) >= 11 is 0. The molecular weight excluding hydrogens is 174 g/mol. The van der Waals surface area contributed by atoms with E-state index < -0.39 is 0 Å². The van der Waals surface area contributed by atoms with Gasteiger partial charge in [0.25, 0.3) is 0 Å². The van der Waals surface area contributed by atoms with Gasteiger partial charge in [-0.2, -0.15) is 5.26 Å². The first-order valence-corrected chi connectivity index (χ1v) is 5.54.